The van der Waals surface area contributed by atoms with E-state index < -0.39 is 40.7 Å². The van der Waals surface area contributed by atoms with Crippen LogP contribution in [-0.2, 0) is 4.74 Å². The fourth-order valence-electron chi connectivity index (χ4n) is 4.99. The smallest absolute Gasteiger partial charge is 0.424 e. The number of ether oxygens (including phenoxy) is 1. The van der Waals surface area contributed by atoms with Crippen LogP contribution in [0.15, 0.2) is 48.8 Å². The van der Waals surface area contributed by atoms with E-state index in [2.05, 4.69) is 15.3 Å². The largest absolute Gasteiger partial charge is 0.446 e. The first kappa shape index (κ1) is 28.0. The first-order valence-corrected chi connectivity index (χ1v) is 12.7. The van der Waals surface area contributed by atoms with Gasteiger partial charge in [-0.2, -0.15) is 0 Å². The van der Waals surface area contributed by atoms with Gasteiger partial charge in [-0.25, -0.2) is 33.8 Å². The van der Waals surface area contributed by atoms with Gasteiger partial charge in [0.25, 0.3) is 5.91 Å². The Morgan fingerprint density at radius 1 is 1.08 bits per heavy atom. The highest BCUT2D eigenvalue weighted by atomic mass is 19.1. The summed E-state index contributed by atoms with van der Waals surface area (Å²) in [6.45, 7) is 5.52. The Morgan fingerprint density at radius 3 is 2.46 bits per heavy atom. The third-order valence-electron chi connectivity index (χ3n) is 6.85. The Labute approximate surface area is 224 Å². The van der Waals surface area contributed by atoms with Crippen molar-refractivity contribution in [3.8, 4) is 11.3 Å². The van der Waals surface area contributed by atoms with E-state index in [0.29, 0.717) is 24.9 Å². The lowest BCUT2D eigenvalue weighted by Crippen LogP contribution is -2.51. The van der Waals surface area contributed by atoms with E-state index in [1.54, 1.807) is 26.1 Å². The Hall–Kier alpha value is -3.99. The number of carbonyl (C=O) groups excluding carboxylic acids is 2. The molecule has 0 saturated heterocycles. The number of benzene rings is 1. The number of carbonyl (C=O) groups is 2. The molecule has 2 amide bonds. The molecule has 3 aromatic rings. The number of hydrogen-bond acceptors (Lipinski definition) is 6. The maximum absolute atomic E-state index is 14.5. The predicted molar refractivity (Wildman–Crippen MR) is 139 cm³/mol. The van der Waals surface area contributed by atoms with Crippen molar-refractivity contribution in [1.29, 1.82) is 0 Å². The van der Waals surface area contributed by atoms with Crippen LogP contribution < -0.4 is 11.2 Å². The topological polar surface area (TPSA) is 110 Å². The van der Waals surface area contributed by atoms with Crippen molar-refractivity contribution in [3.05, 3.63) is 77.5 Å². The van der Waals surface area contributed by atoms with Crippen molar-refractivity contribution in [2.24, 2.45) is 11.8 Å². The van der Waals surface area contributed by atoms with Gasteiger partial charge in [0.05, 0.1) is 29.6 Å². The van der Waals surface area contributed by atoms with E-state index in [1.165, 1.54) is 6.20 Å². The third-order valence-corrected chi connectivity index (χ3v) is 6.85. The highest BCUT2D eigenvalue weighted by Gasteiger charge is 2.35. The predicted octanol–water partition coefficient (Wildman–Crippen LogP) is 5.81. The second-order valence-corrected chi connectivity index (χ2v) is 9.94. The highest BCUT2D eigenvalue weighted by molar-refractivity contribution is 6.03. The molecule has 0 radical (unpaired) electrons. The summed E-state index contributed by atoms with van der Waals surface area (Å²) in [4.78, 5) is 33.4. The highest BCUT2D eigenvalue weighted by Crippen LogP contribution is 2.40. The van der Waals surface area contributed by atoms with Crippen molar-refractivity contribution in [2.45, 2.75) is 58.1 Å². The zero-order valence-corrected chi connectivity index (χ0v) is 21.8. The fraction of sp³-hybridized carbons (Fsp3) is 0.357. The van der Waals surface area contributed by atoms with E-state index >= 15 is 0 Å². The summed E-state index contributed by atoms with van der Waals surface area (Å²) >= 11 is 0. The number of nitrogens with zero attached hydrogens (tertiary/aromatic N) is 3. The number of nitrogens with one attached hydrogen (secondary N) is 1. The summed E-state index contributed by atoms with van der Waals surface area (Å²) in [5.41, 5.74) is -0.197. The van der Waals surface area contributed by atoms with Crippen LogP contribution in [0.25, 0.3) is 11.3 Å². The van der Waals surface area contributed by atoms with Crippen molar-refractivity contribution in [3.63, 3.8) is 0 Å². The molecule has 1 saturated carbocycles. The molecule has 3 atom stereocenters. The molecule has 1 aliphatic carbocycles. The number of nitrogens with two attached hydrogens (primary N) is 1. The quantitative estimate of drug-likeness (QED) is 0.232. The van der Waals surface area contributed by atoms with Crippen LogP contribution in [0, 0.1) is 23.4 Å². The Bertz CT molecular complexity index is 1350. The average molecular weight is 542 g/mol. The summed E-state index contributed by atoms with van der Waals surface area (Å²) in [5.74, 6) is 2.51. The van der Waals surface area contributed by atoms with Crippen LogP contribution in [0.3, 0.4) is 0 Å². The van der Waals surface area contributed by atoms with Gasteiger partial charge in [0, 0.05) is 6.20 Å². The average Bonchev–Trinajstić information content (AvgIpc) is 2.89. The molecular weight excluding hydrogens is 511 g/mol. The number of anilines is 1. The van der Waals surface area contributed by atoms with Crippen molar-refractivity contribution >= 4 is 17.7 Å². The summed E-state index contributed by atoms with van der Waals surface area (Å²) in [5, 5.41) is 3.92. The molecule has 1 unspecified atom stereocenters. The lowest BCUT2D eigenvalue weighted by molar-refractivity contribution is 0.0420. The number of hydrazine groups is 1. The number of halogens is 3. The SMILES string of the molecule is CC(C)OC(=O)N(N)C1CC[C@@H](c2ccncc2NC(=O)c2ccc(F)c(-c3c(F)cccc3F)n2)C[C@@H]1C. The summed E-state index contributed by atoms with van der Waals surface area (Å²) < 4.78 is 48.2. The van der Waals surface area contributed by atoms with Gasteiger partial charge in [-0.15, -0.1) is 0 Å². The Kier molecular flexibility index (Phi) is 8.49. The third kappa shape index (κ3) is 6.19. The van der Waals surface area contributed by atoms with E-state index in [9.17, 15) is 22.8 Å². The second-order valence-electron chi connectivity index (χ2n) is 9.94. The van der Waals surface area contributed by atoms with Gasteiger partial charge in [-0.05, 0) is 80.8 Å². The lowest BCUT2D eigenvalue weighted by atomic mass is 9.75. The first-order chi connectivity index (χ1) is 18.6. The molecule has 3 N–H and O–H groups in total. The van der Waals surface area contributed by atoms with Gasteiger partial charge in [-0.3, -0.25) is 9.78 Å². The molecular formula is C28H30F3N5O3. The molecule has 206 valence electrons. The van der Waals surface area contributed by atoms with Crippen molar-refractivity contribution in [1.82, 2.24) is 15.0 Å². The standard InChI is InChI=1S/C28H30F3N5O3/c1-15(2)39-28(38)36(32)24-10-7-17(13-16(24)3)18-11-12-33-14-23(18)35-27(37)22-9-8-21(31)26(34-22)25-19(29)5-4-6-20(25)30/h4-6,8-9,11-12,14-17,24H,7,10,13,32H2,1-3H3,(H,35,37)/t16-,17+,24?/m0/s1. The molecule has 1 aliphatic rings. The molecule has 39 heavy (non-hydrogen) atoms. The minimum absolute atomic E-state index is 0.0355. The molecule has 8 nitrogen and oxygen atoms in total. The Balaban J connectivity index is 1.52. The van der Waals surface area contributed by atoms with Crippen molar-refractivity contribution in [2.75, 3.05) is 5.32 Å². The van der Waals surface area contributed by atoms with Gasteiger partial charge >= 0.3 is 6.09 Å². The minimum atomic E-state index is -0.994. The van der Waals surface area contributed by atoms with Gasteiger partial charge in [-0.1, -0.05) is 13.0 Å². The maximum atomic E-state index is 14.5. The van der Waals surface area contributed by atoms with Gasteiger partial charge in [0.1, 0.15) is 28.8 Å². The molecule has 1 fully saturated rings. The van der Waals surface area contributed by atoms with Crippen LogP contribution in [-0.4, -0.2) is 39.1 Å². The number of pyridine rings is 2. The fourth-order valence-corrected chi connectivity index (χ4v) is 4.99. The summed E-state index contributed by atoms with van der Waals surface area (Å²) in [7, 11) is 0. The molecule has 2 aromatic heterocycles. The van der Waals surface area contributed by atoms with Gasteiger partial charge in [0.15, 0.2) is 0 Å². The maximum Gasteiger partial charge on any atom is 0.424 e. The van der Waals surface area contributed by atoms with Gasteiger partial charge < -0.3 is 10.1 Å². The van der Waals surface area contributed by atoms with E-state index in [0.717, 1.165) is 40.9 Å². The summed E-state index contributed by atoms with van der Waals surface area (Å²) in [6, 6.07) is 6.82. The molecule has 0 bridgehead atoms. The normalized spacial score (nSPS) is 19.0. The van der Waals surface area contributed by atoms with Crippen LogP contribution in [0.1, 0.15) is 62.0 Å². The van der Waals surface area contributed by atoms with Gasteiger partial charge in [0.2, 0.25) is 0 Å². The monoisotopic (exact) mass is 541 g/mol. The van der Waals surface area contributed by atoms with E-state index in [1.807, 2.05) is 6.92 Å². The number of hydrogen-bond donors (Lipinski definition) is 2. The minimum Gasteiger partial charge on any atom is -0.446 e. The molecule has 4 rings (SSSR count). The second kappa shape index (κ2) is 11.8. The van der Waals surface area contributed by atoms with E-state index in [-0.39, 0.29) is 29.7 Å². The molecule has 0 aliphatic heterocycles. The molecule has 2 heterocycles. The summed E-state index contributed by atoms with van der Waals surface area (Å²) in [6.07, 6.45) is 4.27. The van der Waals surface area contributed by atoms with Crippen molar-refractivity contribution < 1.29 is 27.5 Å². The molecule has 0 spiro atoms. The van der Waals surface area contributed by atoms with Crippen LogP contribution >= 0.6 is 0 Å². The lowest BCUT2D eigenvalue weighted by Gasteiger charge is -2.39. The number of rotatable bonds is 6. The zero-order valence-electron chi connectivity index (χ0n) is 21.8. The Morgan fingerprint density at radius 2 is 1.79 bits per heavy atom. The number of aromatic nitrogens is 2. The number of amides is 2. The van der Waals surface area contributed by atoms with Crippen LogP contribution in [0.2, 0.25) is 0 Å². The van der Waals surface area contributed by atoms with Crippen LogP contribution in [0.5, 0.6) is 0 Å². The van der Waals surface area contributed by atoms with E-state index in [4.69, 9.17) is 10.6 Å². The zero-order chi connectivity index (χ0) is 28.3. The van der Waals surface area contributed by atoms with Crippen LogP contribution in [0.4, 0.5) is 23.7 Å². The molecule has 1 aromatic carbocycles. The first-order valence-electron chi connectivity index (χ1n) is 12.7. The molecule has 11 heteroatoms.